The first kappa shape index (κ1) is 19.2. The lowest BCUT2D eigenvalue weighted by Crippen LogP contribution is -2.40. The minimum absolute atomic E-state index is 0.101. The molecule has 0 aliphatic heterocycles. The highest BCUT2D eigenvalue weighted by Gasteiger charge is 2.33. The Morgan fingerprint density at radius 1 is 1.40 bits per heavy atom. The molecular formula is C15H21F3N6S. The van der Waals surface area contributed by atoms with Gasteiger partial charge in [-0.1, -0.05) is 6.92 Å². The van der Waals surface area contributed by atoms with E-state index in [1.807, 2.05) is 23.9 Å². The van der Waals surface area contributed by atoms with Gasteiger partial charge in [-0.2, -0.15) is 18.3 Å². The summed E-state index contributed by atoms with van der Waals surface area (Å²) in [6, 6.07) is 1.87. The molecule has 0 radical (unpaired) electrons. The highest BCUT2D eigenvalue weighted by molar-refractivity contribution is 7.09. The van der Waals surface area contributed by atoms with Gasteiger partial charge in [0.2, 0.25) is 0 Å². The molecule has 0 aliphatic rings. The smallest absolute Gasteiger partial charge is 0.357 e. The Balaban J connectivity index is 1.88. The van der Waals surface area contributed by atoms with Crippen molar-refractivity contribution in [2.24, 2.45) is 10.9 Å². The van der Waals surface area contributed by atoms with Crippen molar-refractivity contribution >= 4 is 17.3 Å². The average molecular weight is 374 g/mol. The van der Waals surface area contributed by atoms with E-state index in [1.165, 1.54) is 0 Å². The van der Waals surface area contributed by atoms with Gasteiger partial charge in [-0.25, -0.2) is 9.98 Å². The minimum atomic E-state index is -4.41. The second-order valence-electron chi connectivity index (χ2n) is 5.53. The molecule has 0 bridgehead atoms. The maximum Gasteiger partial charge on any atom is 0.434 e. The zero-order valence-electron chi connectivity index (χ0n) is 14.0. The van der Waals surface area contributed by atoms with Gasteiger partial charge in [-0.15, -0.1) is 11.3 Å². The van der Waals surface area contributed by atoms with E-state index >= 15 is 0 Å². The monoisotopic (exact) mass is 374 g/mol. The quantitative estimate of drug-likeness (QED) is 0.578. The van der Waals surface area contributed by atoms with Crippen LogP contribution in [0.25, 0.3) is 0 Å². The normalized spacial score (nSPS) is 13.7. The highest BCUT2D eigenvalue weighted by atomic mass is 32.1. The van der Waals surface area contributed by atoms with E-state index in [0.29, 0.717) is 30.0 Å². The maximum atomic E-state index is 12.6. The number of halogens is 3. The van der Waals surface area contributed by atoms with E-state index in [2.05, 4.69) is 32.6 Å². The van der Waals surface area contributed by atoms with Crippen molar-refractivity contribution in [2.45, 2.75) is 33.1 Å². The lowest BCUT2D eigenvalue weighted by atomic mass is 10.2. The topological polar surface area (TPSA) is 67.1 Å². The van der Waals surface area contributed by atoms with E-state index in [-0.39, 0.29) is 6.54 Å². The molecule has 2 heterocycles. The zero-order chi connectivity index (χ0) is 18.3. The molecular weight excluding hydrogens is 353 g/mol. The van der Waals surface area contributed by atoms with Crippen LogP contribution in [-0.2, 0) is 19.3 Å². The third-order valence-electron chi connectivity index (χ3n) is 3.23. The van der Waals surface area contributed by atoms with E-state index < -0.39 is 11.9 Å². The number of hydrogen-bond acceptors (Lipinski definition) is 4. The molecule has 0 aliphatic carbocycles. The average Bonchev–Trinajstić information content (AvgIpc) is 3.21. The van der Waals surface area contributed by atoms with E-state index in [9.17, 15) is 13.2 Å². The van der Waals surface area contributed by atoms with Crippen molar-refractivity contribution in [1.82, 2.24) is 25.4 Å². The van der Waals surface area contributed by atoms with Crippen molar-refractivity contribution < 1.29 is 13.2 Å². The van der Waals surface area contributed by atoms with Crippen LogP contribution >= 0.6 is 11.3 Å². The molecule has 1 atom stereocenters. The first-order chi connectivity index (χ1) is 11.9. The summed E-state index contributed by atoms with van der Waals surface area (Å²) >= 11 is 0.958. The van der Waals surface area contributed by atoms with Crippen LogP contribution < -0.4 is 10.6 Å². The number of thiazole rings is 1. The molecule has 6 nitrogen and oxygen atoms in total. The largest absolute Gasteiger partial charge is 0.434 e. The summed E-state index contributed by atoms with van der Waals surface area (Å²) < 4.78 is 39.5. The Morgan fingerprint density at radius 2 is 2.20 bits per heavy atom. The number of guanidine groups is 1. The number of rotatable bonds is 7. The molecule has 0 amide bonds. The highest BCUT2D eigenvalue weighted by Crippen LogP contribution is 2.30. The van der Waals surface area contributed by atoms with Gasteiger partial charge in [0, 0.05) is 37.4 Å². The van der Waals surface area contributed by atoms with E-state index in [1.54, 1.807) is 6.20 Å². The Hall–Kier alpha value is -2.10. The summed E-state index contributed by atoms with van der Waals surface area (Å²) in [6.07, 6.45) is -0.783. The number of aromatic nitrogens is 3. The molecule has 0 spiro atoms. The predicted molar refractivity (Wildman–Crippen MR) is 91.3 cm³/mol. The Morgan fingerprint density at radius 3 is 2.80 bits per heavy atom. The molecule has 0 fully saturated rings. The van der Waals surface area contributed by atoms with Crippen LogP contribution in [0.5, 0.6) is 0 Å². The summed E-state index contributed by atoms with van der Waals surface area (Å²) in [4.78, 5) is 7.88. The van der Waals surface area contributed by atoms with Gasteiger partial charge in [-0.05, 0) is 18.9 Å². The van der Waals surface area contributed by atoms with Gasteiger partial charge in [-0.3, -0.25) is 4.68 Å². The van der Waals surface area contributed by atoms with Crippen molar-refractivity contribution in [2.75, 3.05) is 13.1 Å². The van der Waals surface area contributed by atoms with Crippen LogP contribution in [0.3, 0.4) is 0 Å². The van der Waals surface area contributed by atoms with Crippen LogP contribution in [0.2, 0.25) is 0 Å². The van der Waals surface area contributed by atoms with Crippen LogP contribution in [0.15, 0.2) is 28.8 Å². The second kappa shape index (κ2) is 8.84. The van der Waals surface area contributed by atoms with Crippen molar-refractivity contribution in [3.05, 3.63) is 34.5 Å². The standard InChI is InChI=1S/C15H21F3N6S/c1-3-19-14(20-7-11(2)9-24-6-4-5-22-24)21-8-13-23-12(10-25-13)15(16,17)18/h4-6,10-11H,3,7-9H2,1-2H3,(H2,19,20,21). The Kier molecular flexibility index (Phi) is 6.80. The molecule has 2 N–H and O–H groups in total. The third-order valence-corrected chi connectivity index (χ3v) is 4.07. The summed E-state index contributed by atoms with van der Waals surface area (Å²) in [5, 5.41) is 11.8. The van der Waals surface area contributed by atoms with Crippen LogP contribution in [-0.4, -0.2) is 33.8 Å². The lowest BCUT2D eigenvalue weighted by Gasteiger charge is -2.15. The fourth-order valence-corrected chi connectivity index (χ4v) is 2.79. The fourth-order valence-electron chi connectivity index (χ4n) is 2.07. The maximum absolute atomic E-state index is 12.6. The number of nitrogens with zero attached hydrogens (tertiary/aromatic N) is 4. The fraction of sp³-hybridized carbons (Fsp3) is 0.533. The van der Waals surface area contributed by atoms with Crippen LogP contribution in [0, 0.1) is 5.92 Å². The second-order valence-corrected chi connectivity index (χ2v) is 6.48. The number of nitrogens with one attached hydrogen (secondary N) is 2. The van der Waals surface area contributed by atoms with Crippen LogP contribution in [0.4, 0.5) is 13.2 Å². The molecule has 0 saturated heterocycles. The van der Waals surface area contributed by atoms with E-state index in [0.717, 1.165) is 23.3 Å². The SMILES string of the molecule is CCNC(=NCc1nc(C(F)(F)F)cs1)NCC(C)Cn1cccn1. The first-order valence-corrected chi connectivity index (χ1v) is 8.77. The lowest BCUT2D eigenvalue weighted by molar-refractivity contribution is -0.140. The molecule has 25 heavy (non-hydrogen) atoms. The first-order valence-electron chi connectivity index (χ1n) is 7.89. The van der Waals surface area contributed by atoms with Crippen molar-refractivity contribution in [3.63, 3.8) is 0 Å². The number of hydrogen-bond donors (Lipinski definition) is 2. The molecule has 2 aromatic rings. The van der Waals surface area contributed by atoms with Gasteiger partial charge in [0.25, 0.3) is 0 Å². The predicted octanol–water partition coefficient (Wildman–Crippen LogP) is 2.75. The van der Waals surface area contributed by atoms with Gasteiger partial charge in [0.1, 0.15) is 5.01 Å². The molecule has 0 aromatic carbocycles. The Bertz CT molecular complexity index is 665. The molecule has 10 heteroatoms. The minimum Gasteiger partial charge on any atom is -0.357 e. The summed E-state index contributed by atoms with van der Waals surface area (Å²) in [5.41, 5.74) is -0.867. The summed E-state index contributed by atoms with van der Waals surface area (Å²) in [6.45, 7) is 6.19. The van der Waals surface area contributed by atoms with Gasteiger partial charge >= 0.3 is 6.18 Å². The molecule has 138 valence electrons. The van der Waals surface area contributed by atoms with Crippen LogP contribution in [0.1, 0.15) is 24.5 Å². The summed E-state index contributed by atoms with van der Waals surface area (Å²) in [7, 11) is 0. The molecule has 2 aromatic heterocycles. The van der Waals surface area contributed by atoms with Gasteiger partial charge < -0.3 is 10.6 Å². The zero-order valence-corrected chi connectivity index (χ0v) is 14.9. The number of aliphatic imine (C=N–C) groups is 1. The van der Waals surface area contributed by atoms with Gasteiger partial charge in [0.05, 0.1) is 6.54 Å². The van der Waals surface area contributed by atoms with E-state index in [4.69, 9.17) is 0 Å². The van der Waals surface area contributed by atoms with Crippen molar-refractivity contribution in [1.29, 1.82) is 0 Å². The molecule has 1 unspecified atom stereocenters. The van der Waals surface area contributed by atoms with Crippen molar-refractivity contribution in [3.8, 4) is 0 Å². The number of alkyl halides is 3. The molecule has 2 rings (SSSR count). The third kappa shape index (κ3) is 6.37. The Labute approximate surface area is 148 Å². The van der Waals surface area contributed by atoms with Gasteiger partial charge in [0.15, 0.2) is 11.7 Å². The molecule has 0 saturated carbocycles. The summed E-state index contributed by atoms with van der Waals surface area (Å²) in [5.74, 6) is 0.860.